The van der Waals surface area contributed by atoms with Gasteiger partial charge in [0.1, 0.15) is 5.00 Å². The number of hydrogen-bond donors (Lipinski definition) is 3. The summed E-state index contributed by atoms with van der Waals surface area (Å²) in [5, 5.41) is 16.4. The third kappa shape index (κ3) is 4.55. The average molecular weight is 355 g/mol. The van der Waals surface area contributed by atoms with Gasteiger partial charge in [-0.05, 0) is 11.4 Å². The zero-order valence-corrected chi connectivity index (χ0v) is 13.8. The van der Waals surface area contributed by atoms with Crippen molar-refractivity contribution in [1.29, 1.82) is 0 Å². The Morgan fingerprint density at radius 1 is 1.45 bits per heavy atom. The molecule has 116 valence electrons. The second-order valence-corrected chi connectivity index (χ2v) is 7.02. The number of anilines is 2. The molecule has 2 amide bonds. The Kier molecular flexibility index (Phi) is 5.92. The molecule has 2 rings (SSSR count). The number of aromatic nitrogens is 2. The van der Waals surface area contributed by atoms with Crippen molar-refractivity contribution in [3.63, 3.8) is 0 Å². The minimum atomic E-state index is -0.564. The van der Waals surface area contributed by atoms with Crippen molar-refractivity contribution in [2.24, 2.45) is 5.73 Å². The van der Waals surface area contributed by atoms with E-state index in [0.29, 0.717) is 26.6 Å². The van der Waals surface area contributed by atoms with Crippen molar-refractivity contribution in [2.45, 2.75) is 4.34 Å². The van der Waals surface area contributed by atoms with E-state index >= 15 is 0 Å². The lowest BCUT2D eigenvalue weighted by molar-refractivity contribution is -0.113. The Morgan fingerprint density at radius 2 is 2.27 bits per heavy atom. The van der Waals surface area contributed by atoms with Crippen LogP contribution in [-0.4, -0.2) is 34.3 Å². The van der Waals surface area contributed by atoms with E-state index in [4.69, 9.17) is 5.73 Å². The maximum atomic E-state index is 11.9. The maximum Gasteiger partial charge on any atom is 0.251 e. The Labute approximate surface area is 139 Å². The quantitative estimate of drug-likeness (QED) is 0.494. The molecule has 0 aromatic carbocycles. The third-order valence-electron chi connectivity index (χ3n) is 2.31. The monoisotopic (exact) mass is 355 g/mol. The molecule has 0 saturated heterocycles. The van der Waals surface area contributed by atoms with Crippen molar-refractivity contribution in [3.8, 4) is 0 Å². The predicted molar refractivity (Wildman–Crippen MR) is 90.8 cm³/mol. The van der Waals surface area contributed by atoms with Gasteiger partial charge >= 0.3 is 0 Å². The van der Waals surface area contributed by atoms with Crippen LogP contribution in [0.4, 0.5) is 10.1 Å². The minimum Gasteiger partial charge on any atom is -0.366 e. The molecule has 0 unspecified atom stereocenters. The van der Waals surface area contributed by atoms with Gasteiger partial charge in [0, 0.05) is 6.54 Å². The van der Waals surface area contributed by atoms with Crippen LogP contribution in [0.15, 0.2) is 28.4 Å². The molecule has 7 nitrogen and oxygen atoms in total. The summed E-state index contributed by atoms with van der Waals surface area (Å²) < 4.78 is 0.683. The second-order valence-electron chi connectivity index (χ2n) is 3.91. The maximum absolute atomic E-state index is 11.9. The van der Waals surface area contributed by atoms with Crippen molar-refractivity contribution in [1.82, 2.24) is 10.2 Å². The summed E-state index contributed by atoms with van der Waals surface area (Å²) in [5.74, 6) is -0.622. The molecule has 10 heteroatoms. The first-order chi connectivity index (χ1) is 10.6. The van der Waals surface area contributed by atoms with E-state index in [9.17, 15) is 9.59 Å². The molecule has 0 atom stereocenters. The molecule has 0 fully saturated rings. The number of nitrogens with one attached hydrogen (secondary N) is 2. The fourth-order valence-electron chi connectivity index (χ4n) is 1.39. The van der Waals surface area contributed by atoms with Gasteiger partial charge in [0.2, 0.25) is 11.0 Å². The van der Waals surface area contributed by atoms with Crippen LogP contribution in [0.25, 0.3) is 0 Å². The van der Waals surface area contributed by atoms with E-state index in [1.54, 1.807) is 17.5 Å². The molecule has 2 aromatic rings. The van der Waals surface area contributed by atoms with Crippen molar-refractivity contribution in [3.05, 3.63) is 29.7 Å². The van der Waals surface area contributed by atoms with E-state index < -0.39 is 5.91 Å². The summed E-state index contributed by atoms with van der Waals surface area (Å²) in [6.07, 6.45) is 1.72. The molecule has 0 saturated carbocycles. The Bertz CT molecular complexity index is 682. The fourth-order valence-corrected chi connectivity index (χ4v) is 3.76. The van der Waals surface area contributed by atoms with Crippen LogP contribution in [0.5, 0.6) is 0 Å². The molecule has 2 aromatic heterocycles. The lowest BCUT2D eigenvalue weighted by Gasteiger charge is -2.03. The van der Waals surface area contributed by atoms with Gasteiger partial charge in [-0.2, -0.15) is 0 Å². The van der Waals surface area contributed by atoms with Gasteiger partial charge in [0.15, 0.2) is 4.34 Å². The second kappa shape index (κ2) is 7.92. The Morgan fingerprint density at radius 3 is 3.00 bits per heavy atom. The molecule has 0 aliphatic carbocycles. The summed E-state index contributed by atoms with van der Waals surface area (Å²) in [5.41, 5.74) is 5.54. The normalized spacial score (nSPS) is 10.2. The van der Waals surface area contributed by atoms with Gasteiger partial charge < -0.3 is 16.4 Å². The fraction of sp³-hybridized carbons (Fsp3) is 0.167. The molecular formula is C12H13N5O2S3. The number of primary amides is 1. The SMILES string of the molecule is C=CCNc1nnc(SCC(=O)Nc2sccc2C(N)=O)s1. The van der Waals surface area contributed by atoms with E-state index in [1.807, 2.05) is 0 Å². The van der Waals surface area contributed by atoms with Crippen molar-refractivity contribution < 1.29 is 9.59 Å². The molecule has 22 heavy (non-hydrogen) atoms. The highest BCUT2D eigenvalue weighted by Crippen LogP contribution is 2.26. The molecule has 2 heterocycles. The molecule has 0 aliphatic rings. The Hall–Kier alpha value is -1.91. The number of amides is 2. The molecule has 0 bridgehead atoms. The molecule has 0 aliphatic heterocycles. The number of nitrogens with two attached hydrogens (primary N) is 1. The third-order valence-corrected chi connectivity index (χ3v) is 5.16. The van der Waals surface area contributed by atoms with Crippen LogP contribution in [-0.2, 0) is 4.79 Å². The van der Waals surface area contributed by atoms with E-state index in [-0.39, 0.29) is 11.7 Å². The zero-order chi connectivity index (χ0) is 15.9. The van der Waals surface area contributed by atoms with Crippen LogP contribution in [0.3, 0.4) is 0 Å². The highest BCUT2D eigenvalue weighted by atomic mass is 32.2. The smallest absolute Gasteiger partial charge is 0.251 e. The van der Waals surface area contributed by atoms with Gasteiger partial charge in [-0.25, -0.2) is 0 Å². The molecular weight excluding hydrogens is 342 g/mol. The van der Waals surface area contributed by atoms with Crippen LogP contribution in [0, 0.1) is 0 Å². The molecule has 0 spiro atoms. The Balaban J connectivity index is 1.85. The topological polar surface area (TPSA) is 110 Å². The van der Waals surface area contributed by atoms with Gasteiger partial charge in [-0.1, -0.05) is 29.2 Å². The van der Waals surface area contributed by atoms with E-state index in [2.05, 4.69) is 27.4 Å². The summed E-state index contributed by atoms with van der Waals surface area (Å²) >= 11 is 3.89. The number of thiophene rings is 1. The van der Waals surface area contributed by atoms with E-state index in [0.717, 1.165) is 0 Å². The van der Waals surface area contributed by atoms with Crippen molar-refractivity contribution in [2.75, 3.05) is 22.9 Å². The summed E-state index contributed by atoms with van der Waals surface area (Å²) in [6, 6.07) is 1.58. The number of hydrogen-bond acceptors (Lipinski definition) is 8. The first kappa shape index (κ1) is 16.5. The molecule has 4 N–H and O–H groups in total. The van der Waals surface area contributed by atoms with Gasteiger partial charge in [-0.15, -0.1) is 28.1 Å². The van der Waals surface area contributed by atoms with Crippen molar-refractivity contribution >= 4 is 56.4 Å². The molecule has 0 radical (unpaired) electrons. The summed E-state index contributed by atoms with van der Waals surface area (Å²) in [7, 11) is 0. The highest BCUT2D eigenvalue weighted by molar-refractivity contribution is 8.01. The lowest BCUT2D eigenvalue weighted by atomic mass is 10.3. The number of carbonyl (C=O) groups is 2. The minimum absolute atomic E-state index is 0.173. The first-order valence-corrected chi connectivity index (χ1v) is 8.76. The van der Waals surface area contributed by atoms with Crippen LogP contribution in [0.2, 0.25) is 0 Å². The standard InChI is InChI=1S/C12H13N5O2S3/c1-2-4-14-11-16-17-12(22-11)21-6-8(18)15-10-7(9(13)19)3-5-20-10/h2-3,5H,1,4,6H2,(H2,13,19)(H,14,16)(H,15,18). The van der Waals surface area contributed by atoms with Gasteiger partial charge in [-0.3, -0.25) is 9.59 Å². The van der Waals surface area contributed by atoms with Crippen LogP contribution in [0.1, 0.15) is 10.4 Å². The zero-order valence-electron chi connectivity index (χ0n) is 11.4. The summed E-state index contributed by atoms with van der Waals surface area (Å²) in [6.45, 7) is 4.21. The average Bonchev–Trinajstić information content (AvgIpc) is 3.12. The van der Waals surface area contributed by atoms with Crippen LogP contribution >= 0.6 is 34.4 Å². The number of rotatable bonds is 8. The first-order valence-electron chi connectivity index (χ1n) is 6.08. The number of carbonyl (C=O) groups excluding carboxylic acids is 2. The largest absolute Gasteiger partial charge is 0.366 e. The van der Waals surface area contributed by atoms with Gasteiger partial charge in [0.05, 0.1) is 11.3 Å². The predicted octanol–water partition coefficient (Wildman–Crippen LogP) is 2.03. The van der Waals surface area contributed by atoms with Gasteiger partial charge in [0.25, 0.3) is 5.91 Å². The lowest BCUT2D eigenvalue weighted by Crippen LogP contribution is -2.17. The van der Waals surface area contributed by atoms with Crippen LogP contribution < -0.4 is 16.4 Å². The number of thioether (sulfide) groups is 1. The van der Waals surface area contributed by atoms with E-state index in [1.165, 1.54) is 34.4 Å². The highest BCUT2D eigenvalue weighted by Gasteiger charge is 2.13. The number of nitrogens with zero attached hydrogens (tertiary/aromatic N) is 2. The summed E-state index contributed by atoms with van der Waals surface area (Å²) in [4.78, 5) is 23.1.